The molecule has 37 heavy (non-hydrogen) atoms. The van der Waals surface area contributed by atoms with Crippen molar-refractivity contribution in [3.8, 4) is 22.8 Å². The molecule has 9 nitrogen and oxygen atoms in total. The van der Waals surface area contributed by atoms with E-state index < -0.39 is 0 Å². The zero-order valence-electron chi connectivity index (χ0n) is 20.4. The molecule has 6 heterocycles. The minimum absolute atomic E-state index is 0.0730. The molecule has 0 saturated carbocycles. The molecule has 0 bridgehead atoms. The Labute approximate surface area is 214 Å². The van der Waals surface area contributed by atoms with E-state index in [1.165, 1.54) is 0 Å². The average Bonchev–Trinajstić information content (AvgIpc) is 3.38. The van der Waals surface area contributed by atoms with Crippen molar-refractivity contribution in [2.45, 2.75) is 44.6 Å². The number of aromatic nitrogens is 6. The maximum absolute atomic E-state index is 14.2. The second-order valence-corrected chi connectivity index (χ2v) is 9.22. The molecule has 0 aromatic carbocycles. The van der Waals surface area contributed by atoms with E-state index >= 15 is 0 Å². The number of nitrogens with zero attached hydrogens (tertiary/aromatic N) is 7. The SMILES string of the molecule is O=C(c1nn2c(c1-c1ccccn1)C=CCC=C2)N1CCCCC[C@H]1Cc1nc(-c2ccccn2)no1. The number of carbonyl (C=O) groups excluding carboxylic acids is 1. The molecule has 0 radical (unpaired) electrons. The van der Waals surface area contributed by atoms with Crippen molar-refractivity contribution < 1.29 is 9.32 Å². The zero-order chi connectivity index (χ0) is 25.0. The number of pyridine rings is 2. The molecule has 4 aromatic rings. The number of hydrogen-bond donors (Lipinski definition) is 0. The molecule has 6 rings (SSSR count). The van der Waals surface area contributed by atoms with E-state index in [1.54, 1.807) is 17.1 Å². The van der Waals surface area contributed by atoms with E-state index in [0.717, 1.165) is 49.1 Å². The van der Waals surface area contributed by atoms with Crippen molar-refractivity contribution in [3.05, 3.63) is 78.2 Å². The number of hydrogen-bond acceptors (Lipinski definition) is 7. The van der Waals surface area contributed by atoms with Crippen LogP contribution >= 0.6 is 0 Å². The quantitative estimate of drug-likeness (QED) is 0.389. The molecule has 1 saturated heterocycles. The van der Waals surface area contributed by atoms with Crippen LogP contribution in [0.2, 0.25) is 0 Å². The van der Waals surface area contributed by atoms with Crippen molar-refractivity contribution in [3.63, 3.8) is 0 Å². The van der Waals surface area contributed by atoms with Gasteiger partial charge in [0.15, 0.2) is 5.69 Å². The van der Waals surface area contributed by atoms with Gasteiger partial charge in [-0.15, -0.1) is 0 Å². The Kier molecular flexibility index (Phi) is 6.41. The summed E-state index contributed by atoms with van der Waals surface area (Å²) in [6, 6.07) is 11.2. The van der Waals surface area contributed by atoms with Gasteiger partial charge in [0.2, 0.25) is 11.7 Å². The van der Waals surface area contributed by atoms with Gasteiger partial charge in [0, 0.05) is 37.6 Å². The van der Waals surface area contributed by atoms with Gasteiger partial charge in [-0.1, -0.05) is 42.3 Å². The van der Waals surface area contributed by atoms with Crippen LogP contribution in [0.5, 0.6) is 0 Å². The lowest BCUT2D eigenvalue weighted by atomic mass is 10.0. The highest BCUT2D eigenvalue weighted by atomic mass is 16.5. The fourth-order valence-corrected chi connectivity index (χ4v) is 4.98. The van der Waals surface area contributed by atoms with Gasteiger partial charge < -0.3 is 9.42 Å². The molecular weight excluding hydrogens is 466 g/mol. The number of rotatable bonds is 5. The first-order valence-corrected chi connectivity index (χ1v) is 12.7. The third-order valence-corrected chi connectivity index (χ3v) is 6.78. The number of amides is 1. The summed E-state index contributed by atoms with van der Waals surface area (Å²) in [6.07, 6.45) is 16.7. The van der Waals surface area contributed by atoms with Crippen molar-refractivity contribution in [1.29, 1.82) is 0 Å². The fourth-order valence-electron chi connectivity index (χ4n) is 4.98. The van der Waals surface area contributed by atoms with Gasteiger partial charge in [-0.3, -0.25) is 14.8 Å². The number of likely N-dealkylation sites (tertiary alicyclic amines) is 1. The van der Waals surface area contributed by atoms with E-state index in [0.29, 0.717) is 36.1 Å². The molecule has 2 aliphatic heterocycles. The van der Waals surface area contributed by atoms with Gasteiger partial charge in [0.25, 0.3) is 5.91 Å². The fraction of sp³-hybridized carbons (Fsp3) is 0.286. The van der Waals surface area contributed by atoms with E-state index in [2.05, 4.69) is 26.2 Å². The maximum Gasteiger partial charge on any atom is 0.275 e. The van der Waals surface area contributed by atoms with Crippen molar-refractivity contribution >= 4 is 18.2 Å². The number of carbonyl (C=O) groups is 1. The summed E-state index contributed by atoms with van der Waals surface area (Å²) in [5.41, 5.74) is 3.42. The van der Waals surface area contributed by atoms with Crippen LogP contribution in [-0.2, 0) is 6.42 Å². The topological polar surface area (TPSA) is 103 Å². The Balaban J connectivity index is 1.34. The molecule has 0 unspecified atom stereocenters. The van der Waals surface area contributed by atoms with Crippen LogP contribution in [-0.4, -0.2) is 53.3 Å². The summed E-state index contributed by atoms with van der Waals surface area (Å²) in [5, 5.41) is 8.88. The van der Waals surface area contributed by atoms with E-state index in [-0.39, 0.29) is 11.9 Å². The molecule has 1 atom stereocenters. The first-order valence-electron chi connectivity index (χ1n) is 12.7. The van der Waals surface area contributed by atoms with Gasteiger partial charge >= 0.3 is 0 Å². The van der Waals surface area contributed by atoms with Crippen LogP contribution in [0.25, 0.3) is 35.1 Å². The summed E-state index contributed by atoms with van der Waals surface area (Å²) in [6.45, 7) is 0.653. The molecule has 4 aromatic heterocycles. The Bertz CT molecular complexity index is 1440. The summed E-state index contributed by atoms with van der Waals surface area (Å²) >= 11 is 0. The number of allylic oxidation sites excluding steroid dienone is 2. The monoisotopic (exact) mass is 493 g/mol. The summed E-state index contributed by atoms with van der Waals surface area (Å²) in [4.78, 5) is 29.6. The first-order chi connectivity index (χ1) is 18.3. The lowest BCUT2D eigenvalue weighted by Gasteiger charge is -2.29. The second-order valence-electron chi connectivity index (χ2n) is 9.22. The standard InChI is InChI=1S/C28H27N7O2/c36-28(26-25(21-12-5-7-15-29-21)23-14-4-2-10-18-35(23)32-26)34-17-9-1-3-11-20(34)19-24-31-27(33-37-24)22-13-6-8-16-30-22/h4-8,10,12-16,18,20H,1-3,9,11,17,19H2/t20-/m0/s1. The van der Waals surface area contributed by atoms with Crippen LogP contribution in [0, 0.1) is 0 Å². The molecule has 0 aliphatic carbocycles. The van der Waals surface area contributed by atoms with Crippen LogP contribution in [0.1, 0.15) is 54.2 Å². The van der Waals surface area contributed by atoms with Crippen LogP contribution < -0.4 is 0 Å². The predicted molar refractivity (Wildman–Crippen MR) is 139 cm³/mol. The van der Waals surface area contributed by atoms with E-state index in [4.69, 9.17) is 9.62 Å². The van der Waals surface area contributed by atoms with Gasteiger partial charge in [-0.05, 0) is 49.6 Å². The third kappa shape index (κ3) is 4.72. The maximum atomic E-state index is 14.2. The van der Waals surface area contributed by atoms with Crippen molar-refractivity contribution in [2.24, 2.45) is 0 Å². The predicted octanol–water partition coefficient (Wildman–Crippen LogP) is 4.91. The molecule has 186 valence electrons. The van der Waals surface area contributed by atoms with Crippen LogP contribution in [0.15, 0.2) is 65.5 Å². The Hall–Kier alpha value is -4.40. The summed E-state index contributed by atoms with van der Waals surface area (Å²) in [5.74, 6) is 0.858. The molecule has 9 heteroatoms. The highest BCUT2D eigenvalue weighted by Gasteiger charge is 2.33. The summed E-state index contributed by atoms with van der Waals surface area (Å²) in [7, 11) is 0. The van der Waals surface area contributed by atoms with Gasteiger partial charge in [-0.2, -0.15) is 10.1 Å². The lowest BCUT2D eigenvalue weighted by molar-refractivity contribution is 0.0669. The zero-order valence-corrected chi connectivity index (χ0v) is 20.4. The summed E-state index contributed by atoms with van der Waals surface area (Å²) < 4.78 is 7.37. The molecule has 2 aliphatic rings. The average molecular weight is 494 g/mol. The Morgan fingerprint density at radius 3 is 2.65 bits per heavy atom. The Morgan fingerprint density at radius 2 is 1.84 bits per heavy atom. The second kappa shape index (κ2) is 10.3. The van der Waals surface area contributed by atoms with Crippen LogP contribution in [0.4, 0.5) is 0 Å². The smallest absolute Gasteiger partial charge is 0.275 e. The van der Waals surface area contributed by atoms with Gasteiger partial charge in [0.1, 0.15) is 5.69 Å². The highest BCUT2D eigenvalue weighted by molar-refractivity contribution is 6.01. The van der Waals surface area contributed by atoms with E-state index in [9.17, 15) is 4.79 Å². The first kappa shape index (κ1) is 23.0. The van der Waals surface area contributed by atoms with E-state index in [1.807, 2.05) is 59.7 Å². The van der Waals surface area contributed by atoms with Crippen molar-refractivity contribution in [1.82, 2.24) is 34.8 Å². The normalized spacial score (nSPS) is 17.3. The molecule has 1 amide bonds. The molecular formula is C28H27N7O2. The molecule has 0 spiro atoms. The minimum Gasteiger partial charge on any atom is -0.339 e. The number of fused-ring (bicyclic) bond motifs is 1. The largest absolute Gasteiger partial charge is 0.339 e. The van der Waals surface area contributed by atoms with Gasteiger partial charge in [0.05, 0.1) is 17.0 Å². The minimum atomic E-state index is -0.0978. The third-order valence-electron chi connectivity index (χ3n) is 6.78. The lowest BCUT2D eigenvalue weighted by Crippen LogP contribution is -2.41. The van der Waals surface area contributed by atoms with Crippen LogP contribution in [0.3, 0.4) is 0 Å². The molecule has 1 fully saturated rings. The molecule has 0 N–H and O–H groups in total. The van der Waals surface area contributed by atoms with Gasteiger partial charge in [-0.25, -0.2) is 4.68 Å². The Morgan fingerprint density at radius 1 is 1.00 bits per heavy atom. The highest BCUT2D eigenvalue weighted by Crippen LogP contribution is 2.31. The van der Waals surface area contributed by atoms with Crippen molar-refractivity contribution in [2.75, 3.05) is 6.54 Å².